The lowest BCUT2D eigenvalue weighted by molar-refractivity contribution is 0.0951. The standard InChI is InChI=1S/C16H18N2O2/c1-3-20-15-5-4-13(10-12(15)2)11-18-16(19)14-6-8-17-9-7-14/h4-10H,3,11H2,1-2H3,(H,18,19). The van der Waals surface area contributed by atoms with Crippen molar-refractivity contribution in [2.24, 2.45) is 0 Å². The van der Waals surface area contributed by atoms with Crippen molar-refractivity contribution in [3.05, 3.63) is 59.4 Å². The van der Waals surface area contributed by atoms with Gasteiger partial charge in [0.15, 0.2) is 0 Å². The predicted octanol–water partition coefficient (Wildman–Crippen LogP) is 2.72. The second-order valence-corrected chi connectivity index (χ2v) is 4.45. The molecule has 0 aliphatic heterocycles. The Hall–Kier alpha value is -2.36. The van der Waals surface area contributed by atoms with Crippen LogP contribution in [-0.2, 0) is 6.54 Å². The Morgan fingerprint density at radius 2 is 2.00 bits per heavy atom. The van der Waals surface area contributed by atoms with Crippen molar-refractivity contribution in [1.29, 1.82) is 0 Å². The van der Waals surface area contributed by atoms with Crippen LogP contribution in [0.3, 0.4) is 0 Å². The third-order valence-electron chi connectivity index (χ3n) is 2.93. The van der Waals surface area contributed by atoms with Gasteiger partial charge >= 0.3 is 0 Å². The zero-order valence-electron chi connectivity index (χ0n) is 11.7. The third kappa shape index (κ3) is 3.57. The average Bonchev–Trinajstić information content (AvgIpc) is 2.48. The van der Waals surface area contributed by atoms with Gasteiger partial charge < -0.3 is 10.1 Å². The topological polar surface area (TPSA) is 51.2 Å². The maximum Gasteiger partial charge on any atom is 0.251 e. The molecule has 0 aliphatic carbocycles. The zero-order chi connectivity index (χ0) is 14.4. The van der Waals surface area contributed by atoms with Crippen LogP contribution in [0.2, 0.25) is 0 Å². The van der Waals surface area contributed by atoms with E-state index in [1.165, 1.54) is 0 Å². The molecule has 20 heavy (non-hydrogen) atoms. The molecular formula is C16H18N2O2. The molecule has 0 saturated carbocycles. The van der Waals surface area contributed by atoms with Gasteiger partial charge in [-0.1, -0.05) is 12.1 Å². The monoisotopic (exact) mass is 270 g/mol. The fourth-order valence-electron chi connectivity index (χ4n) is 1.93. The Balaban J connectivity index is 1.97. The number of nitrogens with zero attached hydrogens (tertiary/aromatic N) is 1. The van der Waals surface area contributed by atoms with Crippen LogP contribution in [0.4, 0.5) is 0 Å². The quantitative estimate of drug-likeness (QED) is 0.908. The largest absolute Gasteiger partial charge is 0.494 e. The number of hydrogen-bond donors (Lipinski definition) is 1. The molecule has 4 heteroatoms. The first-order chi connectivity index (χ1) is 9.70. The number of aromatic nitrogens is 1. The van der Waals surface area contributed by atoms with Gasteiger partial charge in [0.05, 0.1) is 6.61 Å². The number of nitrogens with one attached hydrogen (secondary N) is 1. The van der Waals surface area contributed by atoms with E-state index >= 15 is 0 Å². The fraction of sp³-hybridized carbons (Fsp3) is 0.250. The van der Waals surface area contributed by atoms with Gasteiger partial charge in [0.2, 0.25) is 0 Å². The molecule has 1 heterocycles. The molecular weight excluding hydrogens is 252 g/mol. The molecule has 2 rings (SSSR count). The molecule has 1 aromatic carbocycles. The lowest BCUT2D eigenvalue weighted by atomic mass is 10.1. The third-order valence-corrected chi connectivity index (χ3v) is 2.93. The number of rotatable bonds is 5. The first-order valence-corrected chi connectivity index (χ1v) is 6.61. The number of aryl methyl sites for hydroxylation is 1. The summed E-state index contributed by atoms with van der Waals surface area (Å²) in [7, 11) is 0. The average molecular weight is 270 g/mol. The van der Waals surface area contributed by atoms with Gasteiger partial charge in [-0.2, -0.15) is 0 Å². The minimum atomic E-state index is -0.0982. The molecule has 0 aliphatic rings. The lowest BCUT2D eigenvalue weighted by Gasteiger charge is -2.10. The number of ether oxygens (including phenoxy) is 1. The molecule has 0 unspecified atom stereocenters. The highest BCUT2D eigenvalue weighted by molar-refractivity contribution is 5.93. The van der Waals surface area contributed by atoms with Crippen LogP contribution in [0.15, 0.2) is 42.7 Å². The summed E-state index contributed by atoms with van der Waals surface area (Å²) in [6, 6.07) is 9.31. The van der Waals surface area contributed by atoms with Gasteiger partial charge in [-0.05, 0) is 43.2 Å². The summed E-state index contributed by atoms with van der Waals surface area (Å²) in [6.45, 7) is 5.11. The fourth-order valence-corrected chi connectivity index (χ4v) is 1.93. The van der Waals surface area contributed by atoms with E-state index in [4.69, 9.17) is 4.74 Å². The van der Waals surface area contributed by atoms with Crippen LogP contribution in [0.1, 0.15) is 28.4 Å². The SMILES string of the molecule is CCOc1ccc(CNC(=O)c2ccncc2)cc1C. The number of carbonyl (C=O) groups excluding carboxylic acids is 1. The van der Waals surface area contributed by atoms with Gasteiger partial charge in [-0.25, -0.2) is 0 Å². The minimum Gasteiger partial charge on any atom is -0.494 e. The van der Waals surface area contributed by atoms with E-state index in [0.717, 1.165) is 16.9 Å². The molecule has 0 atom stereocenters. The molecule has 0 fully saturated rings. The summed E-state index contributed by atoms with van der Waals surface area (Å²) in [5.41, 5.74) is 2.73. The maximum absolute atomic E-state index is 11.9. The molecule has 1 N–H and O–H groups in total. The summed E-state index contributed by atoms with van der Waals surface area (Å²) in [4.78, 5) is 15.8. The highest BCUT2D eigenvalue weighted by Gasteiger charge is 2.05. The Morgan fingerprint density at radius 3 is 2.65 bits per heavy atom. The van der Waals surface area contributed by atoms with Crippen molar-refractivity contribution in [3.63, 3.8) is 0 Å². The molecule has 1 aromatic heterocycles. The molecule has 104 valence electrons. The van der Waals surface area contributed by atoms with Crippen LogP contribution in [0, 0.1) is 6.92 Å². The first-order valence-electron chi connectivity index (χ1n) is 6.61. The van der Waals surface area contributed by atoms with Gasteiger partial charge in [-0.15, -0.1) is 0 Å². The van der Waals surface area contributed by atoms with Gasteiger partial charge in [0.1, 0.15) is 5.75 Å². The van der Waals surface area contributed by atoms with Crippen LogP contribution < -0.4 is 10.1 Å². The van der Waals surface area contributed by atoms with Crippen molar-refractivity contribution < 1.29 is 9.53 Å². The van der Waals surface area contributed by atoms with E-state index in [2.05, 4.69) is 10.3 Å². The number of benzene rings is 1. The Labute approximate surface area is 118 Å². The first kappa shape index (κ1) is 14.1. The molecule has 0 saturated heterocycles. The van der Waals surface area contributed by atoms with Crippen molar-refractivity contribution >= 4 is 5.91 Å². The Morgan fingerprint density at radius 1 is 1.25 bits per heavy atom. The van der Waals surface area contributed by atoms with Crippen molar-refractivity contribution in [2.75, 3.05) is 6.61 Å². The highest BCUT2D eigenvalue weighted by atomic mass is 16.5. The molecule has 0 radical (unpaired) electrons. The zero-order valence-corrected chi connectivity index (χ0v) is 11.7. The Bertz CT molecular complexity index is 582. The minimum absolute atomic E-state index is 0.0982. The summed E-state index contributed by atoms with van der Waals surface area (Å²) in [5.74, 6) is 0.788. The van der Waals surface area contributed by atoms with Crippen LogP contribution in [-0.4, -0.2) is 17.5 Å². The van der Waals surface area contributed by atoms with Crippen molar-refractivity contribution in [3.8, 4) is 5.75 Å². The summed E-state index contributed by atoms with van der Waals surface area (Å²) in [6.07, 6.45) is 3.21. The number of pyridine rings is 1. The summed E-state index contributed by atoms with van der Waals surface area (Å²) >= 11 is 0. The molecule has 1 amide bonds. The number of carbonyl (C=O) groups is 1. The van der Waals surface area contributed by atoms with E-state index in [9.17, 15) is 4.79 Å². The van der Waals surface area contributed by atoms with Gasteiger partial charge in [0.25, 0.3) is 5.91 Å². The van der Waals surface area contributed by atoms with E-state index < -0.39 is 0 Å². The van der Waals surface area contributed by atoms with Crippen LogP contribution in [0.5, 0.6) is 5.75 Å². The maximum atomic E-state index is 11.9. The van der Waals surface area contributed by atoms with Crippen LogP contribution in [0.25, 0.3) is 0 Å². The van der Waals surface area contributed by atoms with Crippen LogP contribution >= 0.6 is 0 Å². The molecule has 0 bridgehead atoms. The normalized spacial score (nSPS) is 10.1. The highest BCUT2D eigenvalue weighted by Crippen LogP contribution is 2.19. The van der Waals surface area contributed by atoms with E-state index in [1.54, 1.807) is 24.5 Å². The molecule has 2 aromatic rings. The predicted molar refractivity (Wildman–Crippen MR) is 77.8 cm³/mol. The summed E-state index contributed by atoms with van der Waals surface area (Å²) in [5, 5.41) is 2.89. The van der Waals surface area contributed by atoms with Crippen molar-refractivity contribution in [2.45, 2.75) is 20.4 Å². The second kappa shape index (κ2) is 6.70. The number of amides is 1. The van der Waals surface area contributed by atoms with Crippen molar-refractivity contribution in [1.82, 2.24) is 10.3 Å². The van der Waals surface area contributed by atoms with E-state index in [1.807, 2.05) is 32.0 Å². The number of hydrogen-bond acceptors (Lipinski definition) is 3. The summed E-state index contributed by atoms with van der Waals surface area (Å²) < 4.78 is 5.49. The Kier molecular flexibility index (Phi) is 4.71. The smallest absolute Gasteiger partial charge is 0.251 e. The van der Waals surface area contributed by atoms with E-state index in [0.29, 0.717) is 18.7 Å². The lowest BCUT2D eigenvalue weighted by Crippen LogP contribution is -2.22. The van der Waals surface area contributed by atoms with Gasteiger partial charge in [0, 0.05) is 24.5 Å². The van der Waals surface area contributed by atoms with Gasteiger partial charge in [-0.3, -0.25) is 9.78 Å². The second-order valence-electron chi connectivity index (χ2n) is 4.45. The molecule has 4 nitrogen and oxygen atoms in total. The molecule has 0 spiro atoms. The van der Waals surface area contributed by atoms with E-state index in [-0.39, 0.29) is 5.91 Å².